The maximum Gasteiger partial charge on any atom is 0.419 e. The lowest BCUT2D eigenvalue weighted by Gasteiger charge is -2.20. The lowest BCUT2D eigenvalue weighted by Crippen LogP contribution is -2.27. The van der Waals surface area contributed by atoms with Crippen LogP contribution in [0.15, 0.2) is 71.2 Å². The molecule has 0 radical (unpaired) electrons. The lowest BCUT2D eigenvalue weighted by molar-refractivity contribution is -0.120. The molecule has 0 aliphatic carbocycles. The van der Waals surface area contributed by atoms with E-state index in [0.29, 0.717) is 6.54 Å². The lowest BCUT2D eigenvalue weighted by atomic mass is 10.1. The van der Waals surface area contributed by atoms with Gasteiger partial charge in [-0.25, -0.2) is 9.36 Å². The van der Waals surface area contributed by atoms with Crippen molar-refractivity contribution in [1.82, 2.24) is 9.88 Å². The van der Waals surface area contributed by atoms with Crippen molar-refractivity contribution in [3.63, 3.8) is 0 Å². The van der Waals surface area contributed by atoms with Gasteiger partial charge in [0.1, 0.15) is 5.60 Å². The normalized spacial score (nSPS) is 11.6. The number of amides is 1. The van der Waals surface area contributed by atoms with Crippen LogP contribution < -0.4 is 5.32 Å². The van der Waals surface area contributed by atoms with Crippen molar-refractivity contribution >= 4 is 49.7 Å². The first-order valence-corrected chi connectivity index (χ1v) is 11.3. The number of halogens is 1. The number of nitrogens with one attached hydrogen (secondary N) is 1. The van der Waals surface area contributed by atoms with Gasteiger partial charge >= 0.3 is 6.09 Å². The van der Waals surface area contributed by atoms with Crippen LogP contribution >= 0.6 is 15.9 Å². The summed E-state index contributed by atoms with van der Waals surface area (Å²) in [6.07, 6.45) is -0.209. The predicted molar refractivity (Wildman–Crippen MR) is 131 cm³/mol. The number of aromatic nitrogens is 1. The summed E-state index contributed by atoms with van der Waals surface area (Å²) in [5, 5.41) is 4.88. The van der Waals surface area contributed by atoms with Crippen LogP contribution in [0.4, 0.5) is 4.79 Å². The quantitative estimate of drug-likeness (QED) is 0.368. The molecule has 1 aromatic heterocycles. The molecule has 1 amide bonds. The molecule has 0 unspecified atom stereocenters. The summed E-state index contributed by atoms with van der Waals surface area (Å²) in [5.41, 5.74) is 2.76. The molecule has 164 valence electrons. The van der Waals surface area contributed by atoms with E-state index in [-0.39, 0.29) is 12.3 Å². The van der Waals surface area contributed by atoms with E-state index in [2.05, 4.69) is 21.2 Å². The second-order valence-corrected chi connectivity index (χ2v) is 9.68. The Morgan fingerprint density at radius 2 is 1.66 bits per heavy atom. The topological polar surface area (TPSA) is 60.3 Å². The fraction of sp³-hybridized carbons (Fsp3) is 0.231. The maximum atomic E-state index is 13.0. The summed E-state index contributed by atoms with van der Waals surface area (Å²) < 4.78 is 8.23. The van der Waals surface area contributed by atoms with Crippen LogP contribution in [-0.2, 0) is 22.5 Å². The molecule has 0 saturated carbocycles. The second kappa shape index (κ2) is 8.79. The van der Waals surface area contributed by atoms with Crippen molar-refractivity contribution in [2.45, 2.75) is 39.3 Å². The fourth-order valence-electron chi connectivity index (χ4n) is 3.73. The van der Waals surface area contributed by atoms with Crippen molar-refractivity contribution in [1.29, 1.82) is 0 Å². The molecule has 6 heteroatoms. The Morgan fingerprint density at radius 3 is 2.41 bits per heavy atom. The fourth-order valence-corrected chi connectivity index (χ4v) is 4.17. The molecule has 4 aromatic rings. The van der Waals surface area contributed by atoms with Crippen molar-refractivity contribution in [3.8, 4) is 0 Å². The summed E-state index contributed by atoms with van der Waals surface area (Å²) in [4.78, 5) is 25.6. The number of hydrogen-bond donors (Lipinski definition) is 1. The molecule has 1 N–H and O–H groups in total. The molecule has 0 spiro atoms. The highest BCUT2D eigenvalue weighted by molar-refractivity contribution is 9.10. The minimum atomic E-state index is -0.612. The number of carbonyl (C=O) groups excluding carboxylic acids is 2. The van der Waals surface area contributed by atoms with Gasteiger partial charge < -0.3 is 10.1 Å². The third kappa shape index (κ3) is 4.86. The molecule has 0 aliphatic heterocycles. The number of benzene rings is 3. The minimum absolute atomic E-state index is 0.0794. The van der Waals surface area contributed by atoms with E-state index in [1.54, 1.807) is 4.57 Å². The Labute approximate surface area is 195 Å². The summed E-state index contributed by atoms with van der Waals surface area (Å²) in [7, 11) is 0. The smallest absolute Gasteiger partial charge is 0.419 e. The van der Waals surface area contributed by atoms with E-state index in [1.165, 1.54) is 0 Å². The molecule has 4 rings (SSSR count). The first kappa shape index (κ1) is 22.1. The highest BCUT2D eigenvalue weighted by Gasteiger charge is 2.22. The van der Waals surface area contributed by atoms with E-state index < -0.39 is 11.7 Å². The summed E-state index contributed by atoms with van der Waals surface area (Å²) >= 11 is 3.44. The minimum Gasteiger partial charge on any atom is -0.443 e. The molecule has 5 nitrogen and oxygen atoms in total. The number of carbonyl (C=O) groups is 2. The van der Waals surface area contributed by atoms with Gasteiger partial charge in [0.2, 0.25) is 5.91 Å². The molecule has 3 aromatic carbocycles. The first-order chi connectivity index (χ1) is 15.2. The molecule has 32 heavy (non-hydrogen) atoms. The molecular weight excluding hydrogens is 468 g/mol. The Bertz CT molecular complexity index is 1320. The Kier molecular flexibility index (Phi) is 6.07. The Hall–Kier alpha value is -3.12. The van der Waals surface area contributed by atoms with E-state index in [1.807, 2.05) is 87.5 Å². The highest BCUT2D eigenvalue weighted by atomic mass is 79.9. The molecule has 0 fully saturated rings. The third-order valence-electron chi connectivity index (χ3n) is 5.06. The molecule has 0 atom stereocenters. The average Bonchev–Trinajstić information content (AvgIpc) is 3.05. The first-order valence-electron chi connectivity index (χ1n) is 10.5. The molecule has 0 bridgehead atoms. The van der Waals surface area contributed by atoms with Crippen molar-refractivity contribution in [2.75, 3.05) is 0 Å². The zero-order chi connectivity index (χ0) is 22.9. The van der Waals surface area contributed by atoms with Crippen LogP contribution in [-0.4, -0.2) is 22.2 Å². The van der Waals surface area contributed by atoms with Crippen molar-refractivity contribution in [3.05, 3.63) is 82.3 Å². The predicted octanol–water partition coefficient (Wildman–Crippen LogP) is 6.20. The van der Waals surface area contributed by atoms with Gasteiger partial charge in [-0.15, -0.1) is 0 Å². The number of hydrogen-bond acceptors (Lipinski definition) is 3. The molecule has 0 saturated heterocycles. The van der Waals surface area contributed by atoms with Crippen LogP contribution in [0.2, 0.25) is 0 Å². The monoisotopic (exact) mass is 492 g/mol. The van der Waals surface area contributed by atoms with Gasteiger partial charge in [-0.3, -0.25) is 4.79 Å². The van der Waals surface area contributed by atoms with Gasteiger partial charge in [-0.1, -0.05) is 58.4 Å². The van der Waals surface area contributed by atoms with Gasteiger partial charge in [0.05, 0.1) is 17.5 Å². The standard InChI is InChI=1S/C26H25BrN2O3/c1-26(2,3)32-25(31)29-22-10-5-4-9-20(22)21-12-11-17(14-23(21)29)15-24(30)28-16-18-7-6-8-19(27)13-18/h4-14H,15-16H2,1-3H3,(H,28,30). The van der Waals surface area contributed by atoms with E-state index >= 15 is 0 Å². The van der Waals surface area contributed by atoms with Crippen LogP contribution in [0.5, 0.6) is 0 Å². The Morgan fingerprint density at radius 1 is 0.906 bits per heavy atom. The van der Waals surface area contributed by atoms with Gasteiger partial charge in [0.15, 0.2) is 0 Å². The number of para-hydroxylation sites is 1. The van der Waals surface area contributed by atoms with E-state index in [0.717, 1.165) is 37.4 Å². The van der Waals surface area contributed by atoms with Gasteiger partial charge in [0, 0.05) is 21.8 Å². The maximum absolute atomic E-state index is 13.0. The SMILES string of the molecule is CC(C)(C)OC(=O)n1c2ccccc2c2ccc(CC(=O)NCc3cccc(Br)c3)cc21. The second-order valence-electron chi connectivity index (χ2n) is 8.77. The number of nitrogens with zero attached hydrogens (tertiary/aromatic N) is 1. The Balaban J connectivity index is 1.62. The average molecular weight is 493 g/mol. The van der Waals surface area contributed by atoms with Crippen molar-refractivity contribution < 1.29 is 14.3 Å². The molecular formula is C26H25BrN2O3. The van der Waals surface area contributed by atoms with Crippen LogP contribution in [0.25, 0.3) is 21.8 Å². The molecule has 0 aliphatic rings. The van der Waals surface area contributed by atoms with Crippen LogP contribution in [0, 0.1) is 0 Å². The summed E-state index contributed by atoms with van der Waals surface area (Å²) in [6, 6.07) is 21.4. The van der Waals surface area contributed by atoms with Gasteiger partial charge in [0.25, 0.3) is 0 Å². The zero-order valence-corrected chi connectivity index (χ0v) is 19.9. The summed E-state index contributed by atoms with van der Waals surface area (Å²) in [6.45, 7) is 6.00. The van der Waals surface area contributed by atoms with Crippen LogP contribution in [0.3, 0.4) is 0 Å². The number of rotatable bonds is 4. The zero-order valence-electron chi connectivity index (χ0n) is 18.3. The highest BCUT2D eigenvalue weighted by Crippen LogP contribution is 2.30. The van der Waals surface area contributed by atoms with Crippen molar-refractivity contribution in [2.24, 2.45) is 0 Å². The largest absolute Gasteiger partial charge is 0.443 e. The van der Waals surface area contributed by atoms with Crippen LogP contribution in [0.1, 0.15) is 31.9 Å². The van der Waals surface area contributed by atoms with E-state index in [9.17, 15) is 9.59 Å². The summed E-state index contributed by atoms with van der Waals surface area (Å²) in [5.74, 6) is -0.0794. The third-order valence-corrected chi connectivity index (χ3v) is 5.55. The molecule has 1 heterocycles. The number of fused-ring (bicyclic) bond motifs is 3. The van der Waals surface area contributed by atoms with Gasteiger partial charge in [-0.05, 0) is 56.2 Å². The number of ether oxygens (including phenoxy) is 1. The van der Waals surface area contributed by atoms with E-state index in [4.69, 9.17) is 4.74 Å². The van der Waals surface area contributed by atoms with Gasteiger partial charge in [-0.2, -0.15) is 0 Å².